The van der Waals surface area contributed by atoms with Crippen LogP contribution in [0.5, 0.6) is 0 Å². The predicted molar refractivity (Wildman–Crippen MR) is 119 cm³/mol. The second-order valence-corrected chi connectivity index (χ2v) is 8.19. The topological polar surface area (TPSA) is 68.2 Å². The SMILES string of the molecule is CCN(CCOCOC)c1ccc(/C=C/C2=C(OCCO)C(=O)CC(C)(C)C2)cc1. The lowest BCUT2D eigenvalue weighted by Gasteiger charge is -2.30. The van der Waals surface area contributed by atoms with Crippen LogP contribution in [-0.4, -0.2) is 57.7 Å². The van der Waals surface area contributed by atoms with Crippen molar-refractivity contribution in [2.75, 3.05) is 51.7 Å². The smallest absolute Gasteiger partial charge is 0.198 e. The van der Waals surface area contributed by atoms with Gasteiger partial charge in [0.15, 0.2) is 11.5 Å². The first-order chi connectivity index (χ1) is 14.4. The van der Waals surface area contributed by atoms with Crippen molar-refractivity contribution in [2.24, 2.45) is 5.41 Å². The van der Waals surface area contributed by atoms with E-state index < -0.39 is 0 Å². The van der Waals surface area contributed by atoms with Crippen molar-refractivity contribution in [2.45, 2.75) is 33.6 Å². The molecule has 0 radical (unpaired) electrons. The number of ketones is 1. The second kappa shape index (κ2) is 11.9. The average Bonchev–Trinajstić information content (AvgIpc) is 2.71. The molecule has 166 valence electrons. The van der Waals surface area contributed by atoms with E-state index in [-0.39, 0.29) is 24.4 Å². The number of carbonyl (C=O) groups excluding carboxylic acids is 1. The van der Waals surface area contributed by atoms with E-state index >= 15 is 0 Å². The van der Waals surface area contributed by atoms with Gasteiger partial charge in [0, 0.05) is 32.3 Å². The molecule has 6 nitrogen and oxygen atoms in total. The minimum atomic E-state index is -0.108. The number of hydrogen-bond acceptors (Lipinski definition) is 6. The zero-order valence-corrected chi connectivity index (χ0v) is 18.6. The number of nitrogens with zero attached hydrogens (tertiary/aromatic N) is 1. The number of likely N-dealkylation sites (N-methyl/N-ethyl adjacent to an activating group) is 1. The summed E-state index contributed by atoms with van der Waals surface area (Å²) < 4.78 is 15.9. The van der Waals surface area contributed by atoms with Gasteiger partial charge in [-0.3, -0.25) is 4.79 Å². The van der Waals surface area contributed by atoms with Crippen LogP contribution in [0.4, 0.5) is 5.69 Å². The fourth-order valence-corrected chi connectivity index (χ4v) is 3.59. The Morgan fingerprint density at radius 2 is 1.87 bits per heavy atom. The molecule has 6 heteroatoms. The van der Waals surface area contributed by atoms with E-state index in [4.69, 9.17) is 19.3 Å². The summed E-state index contributed by atoms with van der Waals surface area (Å²) in [6.07, 6.45) is 5.20. The van der Waals surface area contributed by atoms with Crippen molar-refractivity contribution in [3.63, 3.8) is 0 Å². The summed E-state index contributed by atoms with van der Waals surface area (Å²) in [5.74, 6) is 0.397. The van der Waals surface area contributed by atoms with E-state index in [1.54, 1.807) is 7.11 Å². The number of methoxy groups -OCH3 is 1. The highest BCUT2D eigenvalue weighted by atomic mass is 16.7. The molecule has 0 bridgehead atoms. The lowest BCUT2D eigenvalue weighted by atomic mass is 9.76. The minimum Gasteiger partial charge on any atom is -0.487 e. The van der Waals surface area contributed by atoms with Crippen LogP contribution >= 0.6 is 0 Å². The van der Waals surface area contributed by atoms with Gasteiger partial charge < -0.3 is 24.2 Å². The number of anilines is 1. The molecule has 1 aliphatic rings. The number of Topliss-reactive ketones (excluding diaryl/α,β-unsaturated/α-hetero) is 1. The summed E-state index contributed by atoms with van der Waals surface area (Å²) in [5, 5.41) is 9.06. The molecule has 0 fully saturated rings. The van der Waals surface area contributed by atoms with Gasteiger partial charge in [0.05, 0.1) is 13.2 Å². The number of benzene rings is 1. The molecule has 0 unspecified atom stereocenters. The summed E-state index contributed by atoms with van der Waals surface area (Å²) in [4.78, 5) is 14.7. The van der Waals surface area contributed by atoms with Crippen LogP contribution in [0, 0.1) is 5.41 Å². The van der Waals surface area contributed by atoms with Crippen LogP contribution in [0.2, 0.25) is 0 Å². The third-order valence-electron chi connectivity index (χ3n) is 5.01. The Morgan fingerprint density at radius 3 is 2.50 bits per heavy atom. The number of hydrogen-bond donors (Lipinski definition) is 1. The van der Waals surface area contributed by atoms with Gasteiger partial charge in [-0.05, 0) is 42.0 Å². The first kappa shape index (κ1) is 24.1. The zero-order chi connectivity index (χ0) is 22.0. The number of allylic oxidation sites excluding steroid dienone is 3. The second-order valence-electron chi connectivity index (χ2n) is 8.19. The zero-order valence-electron chi connectivity index (χ0n) is 18.6. The highest BCUT2D eigenvalue weighted by Gasteiger charge is 2.33. The molecule has 0 aromatic heterocycles. The first-order valence-electron chi connectivity index (χ1n) is 10.5. The lowest BCUT2D eigenvalue weighted by molar-refractivity contribution is -0.122. The average molecular weight is 418 g/mol. The molecule has 0 saturated heterocycles. The Balaban J connectivity index is 2.10. The molecule has 0 atom stereocenters. The van der Waals surface area contributed by atoms with Gasteiger partial charge in [-0.15, -0.1) is 0 Å². The van der Waals surface area contributed by atoms with Crippen LogP contribution in [0.3, 0.4) is 0 Å². The van der Waals surface area contributed by atoms with E-state index in [0.717, 1.165) is 36.3 Å². The van der Waals surface area contributed by atoms with Crippen molar-refractivity contribution < 1.29 is 24.1 Å². The molecule has 0 spiro atoms. The molecule has 1 N–H and O–H groups in total. The minimum absolute atomic E-state index is 0.00368. The van der Waals surface area contributed by atoms with Gasteiger partial charge in [-0.2, -0.15) is 0 Å². The van der Waals surface area contributed by atoms with Gasteiger partial charge in [-0.25, -0.2) is 0 Å². The van der Waals surface area contributed by atoms with E-state index in [1.165, 1.54) is 0 Å². The molecular weight excluding hydrogens is 382 g/mol. The quantitative estimate of drug-likeness (QED) is 0.412. The Bertz CT molecular complexity index is 736. The fraction of sp³-hybridized carbons (Fsp3) is 0.542. The third-order valence-corrected chi connectivity index (χ3v) is 5.01. The summed E-state index contributed by atoms with van der Waals surface area (Å²) >= 11 is 0. The Morgan fingerprint density at radius 1 is 1.13 bits per heavy atom. The molecule has 30 heavy (non-hydrogen) atoms. The Kier molecular flexibility index (Phi) is 9.56. The largest absolute Gasteiger partial charge is 0.487 e. The molecule has 1 aliphatic carbocycles. The van der Waals surface area contributed by atoms with E-state index in [2.05, 4.69) is 49.9 Å². The lowest BCUT2D eigenvalue weighted by Crippen LogP contribution is -2.27. The number of rotatable bonds is 12. The summed E-state index contributed by atoms with van der Waals surface area (Å²) in [6.45, 7) is 8.92. The first-order valence-corrected chi connectivity index (χ1v) is 10.5. The van der Waals surface area contributed by atoms with Crippen LogP contribution in [-0.2, 0) is 19.0 Å². The maximum absolute atomic E-state index is 12.5. The third kappa shape index (κ3) is 7.27. The monoisotopic (exact) mass is 417 g/mol. The summed E-state index contributed by atoms with van der Waals surface area (Å²) in [5.41, 5.74) is 2.98. The summed E-state index contributed by atoms with van der Waals surface area (Å²) in [7, 11) is 1.62. The number of carbonyl (C=O) groups is 1. The number of ether oxygens (including phenoxy) is 3. The molecule has 0 saturated carbocycles. The van der Waals surface area contributed by atoms with Gasteiger partial charge in [0.2, 0.25) is 0 Å². The maximum atomic E-state index is 12.5. The molecule has 1 aromatic rings. The van der Waals surface area contributed by atoms with Crippen LogP contribution in [0.1, 0.15) is 39.2 Å². The highest BCUT2D eigenvalue weighted by Crippen LogP contribution is 2.38. The Hall–Kier alpha value is -2.15. The Labute approximate surface area is 180 Å². The van der Waals surface area contributed by atoms with Crippen LogP contribution < -0.4 is 4.90 Å². The van der Waals surface area contributed by atoms with E-state index in [1.807, 2.05) is 12.2 Å². The van der Waals surface area contributed by atoms with Crippen molar-refractivity contribution in [1.82, 2.24) is 0 Å². The van der Waals surface area contributed by atoms with Crippen molar-refractivity contribution in [3.8, 4) is 0 Å². The number of aliphatic hydroxyl groups excluding tert-OH is 1. The molecular formula is C24H35NO5. The fourth-order valence-electron chi connectivity index (χ4n) is 3.59. The van der Waals surface area contributed by atoms with Crippen LogP contribution in [0.25, 0.3) is 6.08 Å². The van der Waals surface area contributed by atoms with Crippen molar-refractivity contribution in [3.05, 3.63) is 47.2 Å². The molecule has 0 heterocycles. The van der Waals surface area contributed by atoms with Crippen LogP contribution in [0.15, 0.2) is 41.7 Å². The standard InChI is InChI=1S/C24H35NO5/c1-5-25(12-14-29-18-28-4)21-10-7-19(8-11-21)6-9-20-16-24(2,3)17-22(27)23(20)30-15-13-26/h6-11,26H,5,12-18H2,1-4H3/b9-6+. The molecule has 2 rings (SSSR count). The van der Waals surface area contributed by atoms with Crippen molar-refractivity contribution in [1.29, 1.82) is 0 Å². The van der Waals surface area contributed by atoms with Gasteiger partial charge in [0.1, 0.15) is 13.4 Å². The van der Waals surface area contributed by atoms with Gasteiger partial charge in [-0.1, -0.05) is 38.1 Å². The van der Waals surface area contributed by atoms with Gasteiger partial charge >= 0.3 is 0 Å². The maximum Gasteiger partial charge on any atom is 0.198 e. The predicted octanol–water partition coefficient (Wildman–Crippen LogP) is 3.80. The highest BCUT2D eigenvalue weighted by molar-refractivity contribution is 5.96. The van der Waals surface area contributed by atoms with E-state index in [0.29, 0.717) is 25.6 Å². The molecule has 0 aliphatic heterocycles. The molecule has 0 amide bonds. The van der Waals surface area contributed by atoms with Crippen molar-refractivity contribution >= 4 is 17.5 Å². The number of aliphatic hydroxyl groups is 1. The van der Waals surface area contributed by atoms with Gasteiger partial charge in [0.25, 0.3) is 0 Å². The molecule has 1 aromatic carbocycles. The normalized spacial score (nSPS) is 16.4. The van der Waals surface area contributed by atoms with E-state index in [9.17, 15) is 4.79 Å². The summed E-state index contributed by atoms with van der Waals surface area (Å²) in [6, 6.07) is 8.31.